The molecule has 7 rings (SSSR count). The van der Waals surface area contributed by atoms with E-state index in [1.54, 1.807) is 6.20 Å². The Hall–Kier alpha value is -3.66. The first-order valence-electron chi connectivity index (χ1n) is 12.3. The second kappa shape index (κ2) is 9.33. The Kier molecular flexibility index (Phi) is 5.68. The fourth-order valence-corrected chi connectivity index (χ4v) is 6.08. The van der Waals surface area contributed by atoms with Gasteiger partial charge in [0.15, 0.2) is 17.2 Å². The minimum absolute atomic E-state index is 0.616. The van der Waals surface area contributed by atoms with Gasteiger partial charge in [0.2, 0.25) is 0 Å². The van der Waals surface area contributed by atoms with Crippen molar-refractivity contribution in [1.82, 2.24) is 40.0 Å². The molecule has 0 bridgehead atoms. The molecule has 7 heterocycles. The van der Waals surface area contributed by atoms with Gasteiger partial charge in [-0.05, 0) is 67.9 Å². The monoisotopic (exact) mass is 526 g/mol. The van der Waals surface area contributed by atoms with Gasteiger partial charge < -0.3 is 4.98 Å². The summed E-state index contributed by atoms with van der Waals surface area (Å²) in [4.78, 5) is 25.7. The summed E-state index contributed by atoms with van der Waals surface area (Å²) in [7, 11) is 0. The van der Waals surface area contributed by atoms with Gasteiger partial charge in [-0.1, -0.05) is 18.0 Å². The zero-order valence-corrected chi connectivity index (χ0v) is 21.5. The number of halogens is 1. The van der Waals surface area contributed by atoms with Crippen LogP contribution >= 0.6 is 22.9 Å². The number of imidazole rings is 1. The Bertz CT molecular complexity index is 1730. The minimum atomic E-state index is 0.616. The molecule has 2 N–H and O–H groups in total. The number of hydrogen-bond acceptors (Lipinski definition) is 7. The van der Waals surface area contributed by atoms with E-state index in [2.05, 4.69) is 36.1 Å². The summed E-state index contributed by atoms with van der Waals surface area (Å²) in [6.07, 6.45) is 9.47. The minimum Gasteiger partial charge on any atom is -0.335 e. The van der Waals surface area contributed by atoms with Crippen LogP contribution in [0.4, 0.5) is 0 Å². The number of nitrogens with zero attached hydrogens (tertiary/aromatic N) is 6. The Morgan fingerprint density at radius 3 is 2.78 bits per heavy atom. The van der Waals surface area contributed by atoms with Crippen molar-refractivity contribution in [1.29, 1.82) is 0 Å². The highest BCUT2D eigenvalue weighted by atomic mass is 35.5. The molecule has 1 saturated heterocycles. The normalized spacial score (nSPS) is 14.6. The summed E-state index contributed by atoms with van der Waals surface area (Å²) in [5.74, 6) is 0.616. The zero-order valence-electron chi connectivity index (χ0n) is 19.9. The standard InChI is InChI=1S/C27H23ClN8S/c28-22-7-6-21(37-22)18-8-9-30-26-23(18)32-27(33-26)25-24-20(34-35-25)5-4-19(31-24)17-12-16(13-29-14-17)15-36-10-2-1-3-11-36/h4-9,12-14H,1-3,10-11,15H2,(H,34,35)(H,30,32,33). The molecule has 1 fully saturated rings. The van der Waals surface area contributed by atoms with Gasteiger partial charge in [-0.15, -0.1) is 11.3 Å². The molecule has 1 aliphatic heterocycles. The molecule has 0 radical (unpaired) electrons. The largest absolute Gasteiger partial charge is 0.335 e. The number of pyridine rings is 3. The fraction of sp³-hybridized carbons (Fsp3) is 0.222. The highest BCUT2D eigenvalue weighted by molar-refractivity contribution is 7.19. The molecule has 1 aliphatic rings. The third-order valence-electron chi connectivity index (χ3n) is 6.81. The maximum Gasteiger partial charge on any atom is 0.178 e. The summed E-state index contributed by atoms with van der Waals surface area (Å²) >= 11 is 7.71. The molecule has 8 nitrogen and oxygen atoms in total. The maximum absolute atomic E-state index is 6.18. The van der Waals surface area contributed by atoms with E-state index < -0.39 is 0 Å². The molecule has 37 heavy (non-hydrogen) atoms. The third kappa shape index (κ3) is 4.29. The SMILES string of the molecule is Clc1ccc(-c2ccnc3nc(-c4n[nH]c5ccc(-c6cncc(CN7CCCCC7)c6)nc45)[nH]c23)s1. The van der Waals surface area contributed by atoms with Gasteiger partial charge in [-0.2, -0.15) is 5.10 Å². The molecule has 0 spiro atoms. The molecule has 184 valence electrons. The van der Waals surface area contributed by atoms with Gasteiger partial charge in [0, 0.05) is 41.1 Å². The summed E-state index contributed by atoms with van der Waals surface area (Å²) in [6.45, 7) is 3.23. The first kappa shape index (κ1) is 22.5. The van der Waals surface area contributed by atoms with Crippen LogP contribution in [0.1, 0.15) is 24.8 Å². The zero-order chi connectivity index (χ0) is 24.8. The Morgan fingerprint density at radius 2 is 1.92 bits per heavy atom. The van der Waals surface area contributed by atoms with Gasteiger partial charge in [0.05, 0.1) is 21.1 Å². The van der Waals surface area contributed by atoms with Crippen LogP contribution in [0.25, 0.3) is 55.4 Å². The number of rotatable bonds is 5. The summed E-state index contributed by atoms with van der Waals surface area (Å²) in [5.41, 5.74) is 7.77. The van der Waals surface area contributed by atoms with E-state index in [0.717, 1.165) is 62.2 Å². The van der Waals surface area contributed by atoms with Gasteiger partial charge in [-0.25, -0.2) is 15.0 Å². The number of aromatic nitrogens is 7. The van der Waals surface area contributed by atoms with Crippen molar-refractivity contribution in [3.63, 3.8) is 0 Å². The highest BCUT2D eigenvalue weighted by Crippen LogP contribution is 2.35. The lowest BCUT2D eigenvalue weighted by Crippen LogP contribution is -2.29. The molecule has 0 aromatic carbocycles. The van der Waals surface area contributed by atoms with E-state index in [4.69, 9.17) is 21.6 Å². The maximum atomic E-state index is 6.18. The van der Waals surface area contributed by atoms with E-state index in [-0.39, 0.29) is 0 Å². The number of hydrogen-bond donors (Lipinski definition) is 2. The Morgan fingerprint density at radius 1 is 1.00 bits per heavy atom. The van der Waals surface area contributed by atoms with Crippen molar-refractivity contribution >= 4 is 45.1 Å². The van der Waals surface area contributed by atoms with Crippen LogP contribution in [0.15, 0.2) is 55.0 Å². The number of nitrogens with one attached hydrogen (secondary N) is 2. The third-order valence-corrected chi connectivity index (χ3v) is 8.07. The molecule has 0 amide bonds. The van der Waals surface area contributed by atoms with Crippen molar-refractivity contribution in [3.8, 4) is 33.2 Å². The Labute approximate surface area is 221 Å². The summed E-state index contributed by atoms with van der Waals surface area (Å²) < 4.78 is 0.740. The number of thiophene rings is 1. The first-order valence-corrected chi connectivity index (χ1v) is 13.5. The predicted molar refractivity (Wildman–Crippen MR) is 147 cm³/mol. The lowest BCUT2D eigenvalue weighted by atomic mass is 10.1. The van der Waals surface area contributed by atoms with Crippen molar-refractivity contribution < 1.29 is 0 Å². The van der Waals surface area contributed by atoms with Crippen LogP contribution in [0.2, 0.25) is 4.34 Å². The van der Waals surface area contributed by atoms with Crippen molar-refractivity contribution in [2.45, 2.75) is 25.8 Å². The lowest BCUT2D eigenvalue weighted by Gasteiger charge is -2.26. The molecule has 6 aromatic heterocycles. The summed E-state index contributed by atoms with van der Waals surface area (Å²) in [5, 5.41) is 7.64. The van der Waals surface area contributed by atoms with Crippen LogP contribution in [-0.2, 0) is 6.54 Å². The van der Waals surface area contributed by atoms with Crippen LogP contribution in [0.5, 0.6) is 0 Å². The van der Waals surface area contributed by atoms with Crippen molar-refractivity contribution in [2.75, 3.05) is 13.1 Å². The smallest absolute Gasteiger partial charge is 0.178 e. The molecular formula is C27H23ClN8S. The average molecular weight is 527 g/mol. The van der Waals surface area contributed by atoms with Gasteiger partial charge in [0.1, 0.15) is 5.52 Å². The van der Waals surface area contributed by atoms with Gasteiger partial charge in [0.25, 0.3) is 0 Å². The highest BCUT2D eigenvalue weighted by Gasteiger charge is 2.18. The predicted octanol–water partition coefficient (Wildman–Crippen LogP) is 6.33. The van der Waals surface area contributed by atoms with E-state index in [9.17, 15) is 0 Å². The van der Waals surface area contributed by atoms with Crippen LogP contribution in [-0.4, -0.2) is 53.1 Å². The van der Waals surface area contributed by atoms with Crippen LogP contribution in [0.3, 0.4) is 0 Å². The number of fused-ring (bicyclic) bond motifs is 2. The van der Waals surface area contributed by atoms with Crippen LogP contribution < -0.4 is 0 Å². The molecule has 10 heteroatoms. The van der Waals surface area contributed by atoms with E-state index in [1.807, 2.05) is 42.7 Å². The second-order valence-electron chi connectivity index (χ2n) is 9.33. The fourth-order valence-electron chi connectivity index (χ4n) is 5.00. The lowest BCUT2D eigenvalue weighted by molar-refractivity contribution is 0.220. The quantitative estimate of drug-likeness (QED) is 0.272. The van der Waals surface area contributed by atoms with Crippen LogP contribution in [0, 0.1) is 0 Å². The number of H-pyrrole nitrogens is 2. The Balaban J connectivity index is 1.26. The number of aromatic amines is 2. The molecule has 6 aromatic rings. The number of likely N-dealkylation sites (tertiary alicyclic amines) is 1. The van der Waals surface area contributed by atoms with Crippen molar-refractivity contribution in [2.24, 2.45) is 0 Å². The van der Waals surface area contributed by atoms with Crippen molar-refractivity contribution in [3.05, 3.63) is 64.9 Å². The first-order chi connectivity index (χ1) is 18.2. The molecule has 0 atom stereocenters. The van der Waals surface area contributed by atoms with Gasteiger partial charge in [-0.3, -0.25) is 15.0 Å². The topological polar surface area (TPSA) is 99.3 Å². The average Bonchev–Trinajstić information content (AvgIpc) is 3.66. The van der Waals surface area contributed by atoms with E-state index >= 15 is 0 Å². The van der Waals surface area contributed by atoms with E-state index in [1.165, 1.54) is 36.2 Å². The van der Waals surface area contributed by atoms with E-state index in [0.29, 0.717) is 17.2 Å². The second-order valence-corrected chi connectivity index (χ2v) is 11.0. The number of piperidine rings is 1. The molecule has 0 saturated carbocycles. The van der Waals surface area contributed by atoms with Gasteiger partial charge >= 0.3 is 0 Å². The molecule has 0 unspecified atom stereocenters. The molecular weight excluding hydrogens is 504 g/mol. The molecule has 0 aliphatic carbocycles. The summed E-state index contributed by atoms with van der Waals surface area (Å²) in [6, 6.07) is 12.1.